The molecule has 212 valence electrons. The number of hydrogen-bond acceptors (Lipinski definition) is 1. The van der Waals surface area contributed by atoms with Crippen LogP contribution < -0.4 is 0 Å². The summed E-state index contributed by atoms with van der Waals surface area (Å²) >= 11 is 0. The molecule has 0 atom stereocenters. The van der Waals surface area contributed by atoms with Crippen LogP contribution in [0.25, 0.3) is 38.7 Å². The minimum absolute atomic E-state index is 0.0774. The summed E-state index contributed by atoms with van der Waals surface area (Å²) in [4.78, 5) is 10.0. The van der Waals surface area contributed by atoms with Crippen molar-refractivity contribution in [1.29, 1.82) is 0 Å². The molecule has 0 fully saturated rings. The number of benzene rings is 6. The fourth-order valence-corrected chi connectivity index (χ4v) is 6.48. The van der Waals surface area contributed by atoms with Gasteiger partial charge in [-0.15, -0.1) is 0 Å². The van der Waals surface area contributed by atoms with Crippen LogP contribution in [0.4, 0.5) is 0 Å². The molecular weight excluding hydrogens is 532 g/mol. The summed E-state index contributed by atoms with van der Waals surface area (Å²) in [5.74, 6) is 0.640. The minimum atomic E-state index is -0.0774. The number of hydrogen-bond donors (Lipinski definition) is 0. The molecule has 0 radical (unpaired) electrons. The zero-order chi connectivity index (χ0) is 30.3. The second-order valence-corrected chi connectivity index (χ2v) is 12.0. The zero-order valence-corrected chi connectivity index (χ0v) is 25.4. The molecule has 0 bridgehead atoms. The number of nitrogens with zero attached hydrogens (tertiary/aromatic N) is 2. The van der Waals surface area contributed by atoms with Crippen LogP contribution in [0.15, 0.2) is 156 Å². The van der Waals surface area contributed by atoms with E-state index in [4.69, 9.17) is 9.98 Å². The smallest absolute Gasteiger partial charge is 0.160 e. The van der Waals surface area contributed by atoms with E-state index < -0.39 is 0 Å². The van der Waals surface area contributed by atoms with Crippen LogP contribution in [0.2, 0.25) is 0 Å². The first kappa shape index (κ1) is 27.5. The Morgan fingerprint density at radius 1 is 0.568 bits per heavy atom. The second kappa shape index (κ2) is 11.1. The third kappa shape index (κ3) is 4.79. The molecule has 2 heteroatoms. The van der Waals surface area contributed by atoms with E-state index in [1.54, 1.807) is 0 Å². The first-order valence-corrected chi connectivity index (χ1v) is 15.1. The van der Waals surface area contributed by atoms with Crippen LogP contribution in [-0.2, 0) is 5.41 Å². The Morgan fingerprint density at radius 2 is 1.18 bits per heavy atom. The van der Waals surface area contributed by atoms with E-state index in [9.17, 15) is 0 Å². The monoisotopic (exact) mass is 566 g/mol. The highest BCUT2D eigenvalue weighted by atomic mass is 14.9. The van der Waals surface area contributed by atoms with Crippen molar-refractivity contribution >= 4 is 28.0 Å². The quantitative estimate of drug-likeness (QED) is 0.146. The van der Waals surface area contributed by atoms with Gasteiger partial charge in [0, 0.05) is 16.7 Å². The van der Waals surface area contributed by atoms with E-state index in [1.165, 1.54) is 44.2 Å². The van der Waals surface area contributed by atoms with Gasteiger partial charge in [-0.1, -0.05) is 154 Å². The topological polar surface area (TPSA) is 24.7 Å². The lowest BCUT2D eigenvalue weighted by Crippen LogP contribution is -2.14. The van der Waals surface area contributed by atoms with E-state index in [2.05, 4.69) is 111 Å². The molecule has 0 N–H and O–H groups in total. The van der Waals surface area contributed by atoms with Crippen molar-refractivity contribution in [3.05, 3.63) is 174 Å². The van der Waals surface area contributed by atoms with Gasteiger partial charge in [-0.2, -0.15) is 0 Å². The lowest BCUT2D eigenvalue weighted by molar-refractivity contribution is 0.661. The average molecular weight is 567 g/mol. The molecule has 2 nitrogen and oxygen atoms in total. The third-order valence-corrected chi connectivity index (χ3v) is 8.84. The van der Waals surface area contributed by atoms with Crippen molar-refractivity contribution in [3.8, 4) is 22.3 Å². The van der Waals surface area contributed by atoms with Crippen molar-refractivity contribution in [2.24, 2.45) is 9.98 Å². The summed E-state index contributed by atoms with van der Waals surface area (Å²) in [6.45, 7) is 11.0. The van der Waals surface area contributed by atoms with Crippen LogP contribution in [0, 0.1) is 0 Å². The molecule has 0 heterocycles. The van der Waals surface area contributed by atoms with E-state index in [0.29, 0.717) is 11.5 Å². The first-order chi connectivity index (χ1) is 21.4. The van der Waals surface area contributed by atoms with E-state index >= 15 is 0 Å². The van der Waals surface area contributed by atoms with Crippen molar-refractivity contribution in [2.45, 2.75) is 26.2 Å². The molecule has 0 aromatic heterocycles. The van der Waals surface area contributed by atoms with E-state index in [-0.39, 0.29) is 5.41 Å². The number of aliphatic imine (C=N–C) groups is 2. The van der Waals surface area contributed by atoms with Crippen LogP contribution in [0.5, 0.6) is 0 Å². The number of rotatable bonds is 5. The molecule has 0 saturated carbocycles. The fourth-order valence-electron chi connectivity index (χ4n) is 6.48. The van der Waals surface area contributed by atoms with Gasteiger partial charge in [0.05, 0.1) is 5.70 Å². The van der Waals surface area contributed by atoms with Gasteiger partial charge in [-0.05, 0) is 68.3 Å². The van der Waals surface area contributed by atoms with Gasteiger partial charge in [0.15, 0.2) is 5.84 Å². The van der Waals surface area contributed by atoms with Gasteiger partial charge in [0.2, 0.25) is 0 Å². The van der Waals surface area contributed by atoms with Crippen molar-refractivity contribution < 1.29 is 0 Å². The Balaban J connectivity index is 1.38. The fraction of sp³-hybridized carbons (Fsp3) is 0.0952. The summed E-state index contributed by atoms with van der Waals surface area (Å²) in [7, 11) is 0. The lowest BCUT2D eigenvalue weighted by atomic mass is 9.80. The summed E-state index contributed by atoms with van der Waals surface area (Å²) in [6.07, 6.45) is 0. The highest BCUT2D eigenvalue weighted by molar-refractivity contribution is 6.13. The molecule has 0 unspecified atom stereocenters. The summed E-state index contributed by atoms with van der Waals surface area (Å²) < 4.78 is 0. The van der Waals surface area contributed by atoms with Crippen LogP contribution in [-0.4, -0.2) is 11.5 Å². The number of fused-ring (bicyclic) bond motifs is 4. The molecule has 1 aliphatic carbocycles. The van der Waals surface area contributed by atoms with Crippen molar-refractivity contribution in [2.75, 3.05) is 0 Å². The molecule has 0 spiro atoms. The van der Waals surface area contributed by atoms with Gasteiger partial charge in [-0.25, -0.2) is 9.98 Å². The van der Waals surface area contributed by atoms with E-state index in [1.807, 2.05) is 55.5 Å². The zero-order valence-electron chi connectivity index (χ0n) is 25.4. The predicted molar refractivity (Wildman–Crippen MR) is 188 cm³/mol. The van der Waals surface area contributed by atoms with Crippen molar-refractivity contribution in [1.82, 2.24) is 0 Å². The maximum absolute atomic E-state index is 5.05. The molecular formula is C42H34N2. The van der Waals surface area contributed by atoms with Crippen LogP contribution >= 0.6 is 0 Å². The predicted octanol–water partition coefficient (Wildman–Crippen LogP) is 10.7. The molecule has 0 saturated heterocycles. The molecule has 7 rings (SSSR count). The van der Waals surface area contributed by atoms with Gasteiger partial charge >= 0.3 is 0 Å². The maximum atomic E-state index is 5.05. The van der Waals surface area contributed by atoms with Crippen LogP contribution in [0.3, 0.4) is 0 Å². The Hall–Kier alpha value is -5.34. The number of amidine groups is 1. The Morgan fingerprint density at radius 3 is 1.91 bits per heavy atom. The lowest BCUT2D eigenvalue weighted by Gasteiger charge is -2.23. The second-order valence-electron chi connectivity index (χ2n) is 12.0. The third-order valence-electron chi connectivity index (χ3n) is 8.84. The van der Waals surface area contributed by atoms with Gasteiger partial charge in [0.25, 0.3) is 0 Å². The van der Waals surface area contributed by atoms with Crippen LogP contribution in [0.1, 0.15) is 48.6 Å². The Bertz CT molecular complexity index is 2080. The molecule has 1 aliphatic rings. The van der Waals surface area contributed by atoms with Gasteiger partial charge < -0.3 is 0 Å². The normalized spacial score (nSPS) is 13.9. The maximum Gasteiger partial charge on any atom is 0.160 e. The summed E-state index contributed by atoms with van der Waals surface area (Å²) in [5, 5.41) is 2.52. The highest BCUT2D eigenvalue weighted by Gasteiger charge is 2.37. The van der Waals surface area contributed by atoms with E-state index in [0.717, 1.165) is 22.4 Å². The highest BCUT2D eigenvalue weighted by Crippen LogP contribution is 2.54. The molecule has 0 amide bonds. The van der Waals surface area contributed by atoms with Crippen molar-refractivity contribution in [3.63, 3.8) is 0 Å². The average Bonchev–Trinajstić information content (AvgIpc) is 3.30. The van der Waals surface area contributed by atoms with Gasteiger partial charge in [0.1, 0.15) is 0 Å². The minimum Gasteiger partial charge on any atom is -0.233 e. The molecule has 0 aliphatic heterocycles. The standard InChI is InChI=1S/C42H34N2/c1-28(30-15-7-5-8-16-30)43-41(44-29(2)31-17-9-6-10-18-31)33-25-23-32(24-26-33)39-35-20-12-11-19-34(35)27-38-40(39)36-21-13-14-22-37(36)42(38,3)4/h5-27H,1H2,2-4H3/b43-41-,44-29+. The first-order valence-electron chi connectivity index (χ1n) is 15.1. The largest absolute Gasteiger partial charge is 0.233 e. The molecule has 6 aromatic rings. The van der Waals surface area contributed by atoms with Gasteiger partial charge in [-0.3, -0.25) is 0 Å². The molecule has 44 heavy (non-hydrogen) atoms. The summed E-state index contributed by atoms with van der Waals surface area (Å²) in [5.41, 5.74) is 12.4. The summed E-state index contributed by atoms with van der Waals surface area (Å²) in [6, 6.07) is 49.0. The Kier molecular flexibility index (Phi) is 6.91. The SMILES string of the molecule is C=C(/N=C(\N=C(/C)c1ccccc1)c1ccc(-c2c3c(cc4ccccc24)C(C)(C)c2ccccc2-3)cc1)c1ccccc1. The Labute approximate surface area is 259 Å². The molecule has 6 aromatic carbocycles.